The number of hydrogen-bond acceptors (Lipinski definition) is 3. The zero-order chi connectivity index (χ0) is 15.8. The Balaban J connectivity index is 1.71. The van der Waals surface area contributed by atoms with E-state index >= 15 is 0 Å². The van der Waals surface area contributed by atoms with Crippen molar-refractivity contribution in [2.45, 2.75) is 39.5 Å². The van der Waals surface area contributed by atoms with Crippen LogP contribution in [0.25, 0.3) is 0 Å². The fourth-order valence-corrected chi connectivity index (χ4v) is 3.04. The summed E-state index contributed by atoms with van der Waals surface area (Å²) in [5, 5.41) is 0. The lowest BCUT2D eigenvalue weighted by molar-refractivity contribution is 0.130. The first-order valence-electron chi connectivity index (χ1n) is 8.91. The topological polar surface area (TPSA) is 15.7 Å². The molecule has 1 aliphatic heterocycles. The Morgan fingerprint density at radius 1 is 1.05 bits per heavy atom. The van der Waals surface area contributed by atoms with Crippen LogP contribution in [0.5, 0.6) is 5.75 Å². The Hall–Kier alpha value is -1.06. The quantitative estimate of drug-likeness (QED) is 0.682. The van der Waals surface area contributed by atoms with E-state index in [2.05, 4.69) is 54.8 Å². The van der Waals surface area contributed by atoms with Gasteiger partial charge in [0.15, 0.2) is 0 Å². The van der Waals surface area contributed by atoms with Gasteiger partial charge in [-0.2, -0.15) is 0 Å². The minimum atomic E-state index is 0.568. The van der Waals surface area contributed by atoms with Gasteiger partial charge in [0.25, 0.3) is 0 Å². The molecular weight excluding hydrogens is 272 g/mol. The molecule has 1 atom stereocenters. The molecule has 1 fully saturated rings. The normalized spacial score (nSPS) is 18.3. The SMILES string of the molecule is CC[C@H](C)c1ccccc1OCCCN1CCN(CC)CC1. The molecule has 0 unspecified atom stereocenters. The third kappa shape index (κ3) is 4.99. The van der Waals surface area contributed by atoms with Gasteiger partial charge in [0.1, 0.15) is 5.75 Å². The van der Waals surface area contributed by atoms with Gasteiger partial charge >= 0.3 is 0 Å². The molecule has 1 heterocycles. The van der Waals surface area contributed by atoms with Crippen LogP contribution in [0.2, 0.25) is 0 Å². The third-order valence-electron chi connectivity index (χ3n) is 4.85. The summed E-state index contributed by atoms with van der Waals surface area (Å²) in [5.74, 6) is 1.64. The molecule has 0 saturated carbocycles. The molecule has 0 aromatic heterocycles. The van der Waals surface area contributed by atoms with E-state index in [1.54, 1.807) is 0 Å². The largest absolute Gasteiger partial charge is 0.493 e. The molecule has 0 amide bonds. The van der Waals surface area contributed by atoms with Crippen molar-refractivity contribution in [3.05, 3.63) is 29.8 Å². The Bertz CT molecular complexity index is 427. The predicted octanol–water partition coefficient (Wildman–Crippen LogP) is 3.61. The van der Waals surface area contributed by atoms with Crippen LogP contribution in [0, 0.1) is 0 Å². The zero-order valence-corrected chi connectivity index (χ0v) is 14.6. The molecule has 3 heteroatoms. The molecule has 0 spiro atoms. The maximum Gasteiger partial charge on any atom is 0.122 e. The maximum atomic E-state index is 6.06. The highest BCUT2D eigenvalue weighted by atomic mass is 16.5. The summed E-state index contributed by atoms with van der Waals surface area (Å²) >= 11 is 0. The minimum Gasteiger partial charge on any atom is -0.493 e. The average molecular weight is 304 g/mol. The van der Waals surface area contributed by atoms with Gasteiger partial charge in [0.05, 0.1) is 6.61 Å². The van der Waals surface area contributed by atoms with Gasteiger partial charge in [0, 0.05) is 32.7 Å². The van der Waals surface area contributed by atoms with Crippen LogP contribution < -0.4 is 4.74 Å². The molecule has 1 aromatic carbocycles. The average Bonchev–Trinajstić information content (AvgIpc) is 2.59. The maximum absolute atomic E-state index is 6.06. The molecule has 0 radical (unpaired) electrons. The number of benzene rings is 1. The number of nitrogens with zero attached hydrogens (tertiary/aromatic N) is 2. The molecular formula is C19H32N2O. The van der Waals surface area contributed by atoms with E-state index < -0.39 is 0 Å². The smallest absolute Gasteiger partial charge is 0.122 e. The summed E-state index contributed by atoms with van der Waals surface area (Å²) in [6.45, 7) is 14.8. The Morgan fingerprint density at radius 2 is 1.73 bits per heavy atom. The first kappa shape index (κ1) is 17.3. The molecule has 2 rings (SSSR count). The van der Waals surface area contributed by atoms with Crippen molar-refractivity contribution in [3.8, 4) is 5.75 Å². The molecule has 0 N–H and O–H groups in total. The van der Waals surface area contributed by atoms with Gasteiger partial charge in [-0.05, 0) is 36.9 Å². The van der Waals surface area contributed by atoms with E-state index in [0.29, 0.717) is 5.92 Å². The summed E-state index contributed by atoms with van der Waals surface area (Å²) in [7, 11) is 0. The van der Waals surface area contributed by atoms with Crippen LogP contribution in [0.15, 0.2) is 24.3 Å². The highest BCUT2D eigenvalue weighted by Gasteiger charge is 2.15. The van der Waals surface area contributed by atoms with Crippen LogP contribution in [-0.4, -0.2) is 55.7 Å². The first-order valence-corrected chi connectivity index (χ1v) is 8.91. The Labute approximate surface area is 136 Å². The van der Waals surface area contributed by atoms with Gasteiger partial charge in [0.2, 0.25) is 0 Å². The van der Waals surface area contributed by atoms with Crippen molar-refractivity contribution in [2.24, 2.45) is 0 Å². The standard InChI is InChI=1S/C19H32N2O/c1-4-17(3)18-9-6-7-10-19(18)22-16-8-11-21-14-12-20(5-2)13-15-21/h6-7,9-10,17H,4-5,8,11-16H2,1-3H3/t17-/m0/s1. The number of para-hydroxylation sites is 1. The number of rotatable bonds is 8. The van der Waals surface area contributed by atoms with E-state index in [9.17, 15) is 0 Å². The van der Waals surface area contributed by atoms with Crippen molar-refractivity contribution in [2.75, 3.05) is 45.9 Å². The lowest BCUT2D eigenvalue weighted by Crippen LogP contribution is -2.46. The Morgan fingerprint density at radius 3 is 2.41 bits per heavy atom. The van der Waals surface area contributed by atoms with Gasteiger partial charge < -0.3 is 14.5 Å². The molecule has 0 bridgehead atoms. The third-order valence-corrected chi connectivity index (χ3v) is 4.85. The van der Waals surface area contributed by atoms with Crippen molar-refractivity contribution in [1.82, 2.24) is 9.80 Å². The van der Waals surface area contributed by atoms with E-state index in [4.69, 9.17) is 4.74 Å². The van der Waals surface area contributed by atoms with Crippen molar-refractivity contribution in [3.63, 3.8) is 0 Å². The predicted molar refractivity (Wildman–Crippen MR) is 93.8 cm³/mol. The highest BCUT2D eigenvalue weighted by molar-refractivity contribution is 5.35. The molecule has 124 valence electrons. The van der Waals surface area contributed by atoms with Crippen LogP contribution in [0.3, 0.4) is 0 Å². The fraction of sp³-hybridized carbons (Fsp3) is 0.684. The van der Waals surface area contributed by atoms with Gasteiger partial charge in [-0.15, -0.1) is 0 Å². The molecule has 1 aliphatic rings. The number of ether oxygens (including phenoxy) is 1. The summed E-state index contributed by atoms with van der Waals surface area (Å²) < 4.78 is 6.06. The second-order valence-electron chi connectivity index (χ2n) is 6.33. The van der Waals surface area contributed by atoms with Crippen LogP contribution in [0.4, 0.5) is 0 Å². The highest BCUT2D eigenvalue weighted by Crippen LogP contribution is 2.28. The number of piperazine rings is 1. The van der Waals surface area contributed by atoms with Crippen LogP contribution in [-0.2, 0) is 0 Å². The van der Waals surface area contributed by atoms with E-state index in [1.165, 1.54) is 38.3 Å². The monoisotopic (exact) mass is 304 g/mol. The minimum absolute atomic E-state index is 0.568. The first-order chi connectivity index (χ1) is 10.7. The van der Waals surface area contributed by atoms with Crippen molar-refractivity contribution >= 4 is 0 Å². The van der Waals surface area contributed by atoms with Crippen LogP contribution >= 0.6 is 0 Å². The van der Waals surface area contributed by atoms with Crippen molar-refractivity contribution < 1.29 is 4.74 Å². The summed E-state index contributed by atoms with van der Waals surface area (Å²) in [6, 6.07) is 8.50. The molecule has 22 heavy (non-hydrogen) atoms. The van der Waals surface area contributed by atoms with E-state index in [1.807, 2.05) is 0 Å². The van der Waals surface area contributed by atoms with Crippen LogP contribution in [0.1, 0.15) is 45.1 Å². The summed E-state index contributed by atoms with van der Waals surface area (Å²) in [4.78, 5) is 5.09. The lowest BCUT2D eigenvalue weighted by atomic mass is 9.98. The Kier molecular flexibility index (Phi) is 7.20. The second-order valence-corrected chi connectivity index (χ2v) is 6.33. The molecule has 0 aliphatic carbocycles. The second kappa shape index (κ2) is 9.16. The summed E-state index contributed by atoms with van der Waals surface area (Å²) in [5.41, 5.74) is 1.35. The van der Waals surface area contributed by atoms with Gasteiger partial charge in [-0.1, -0.05) is 39.0 Å². The lowest BCUT2D eigenvalue weighted by Gasteiger charge is -2.33. The van der Waals surface area contributed by atoms with Crippen molar-refractivity contribution in [1.29, 1.82) is 0 Å². The molecule has 1 saturated heterocycles. The molecule has 1 aromatic rings. The van der Waals surface area contributed by atoms with E-state index in [-0.39, 0.29) is 0 Å². The summed E-state index contributed by atoms with van der Waals surface area (Å²) in [6.07, 6.45) is 2.27. The zero-order valence-electron chi connectivity index (χ0n) is 14.6. The fourth-order valence-electron chi connectivity index (χ4n) is 3.04. The molecule has 3 nitrogen and oxygen atoms in total. The van der Waals surface area contributed by atoms with Gasteiger partial charge in [-0.25, -0.2) is 0 Å². The van der Waals surface area contributed by atoms with Gasteiger partial charge in [-0.3, -0.25) is 0 Å². The number of likely N-dealkylation sites (N-methyl/N-ethyl adjacent to an activating group) is 1. The van der Waals surface area contributed by atoms with E-state index in [0.717, 1.165) is 31.7 Å². The number of hydrogen-bond donors (Lipinski definition) is 0.